The maximum atomic E-state index is 12.4. The quantitative estimate of drug-likeness (QED) is 0.0601. The SMILES string of the molecule is NC(N)=NCCCC(O)(C(=O)O)C1OC(n2cc(CO)c(N)nc2=O)C=CC1NC(=O)[C@H](N)CO. The molecule has 1 aromatic heterocycles. The van der Waals surface area contributed by atoms with Crippen molar-refractivity contribution in [2.24, 2.45) is 22.2 Å². The minimum Gasteiger partial charge on any atom is -0.479 e. The highest BCUT2D eigenvalue weighted by Crippen LogP contribution is 2.31. The second-order valence-electron chi connectivity index (χ2n) is 7.79. The van der Waals surface area contributed by atoms with E-state index in [1.807, 2.05) is 0 Å². The van der Waals surface area contributed by atoms with Gasteiger partial charge in [0.1, 0.15) is 18.0 Å². The summed E-state index contributed by atoms with van der Waals surface area (Å²) in [4.78, 5) is 44.2. The van der Waals surface area contributed by atoms with Crippen molar-refractivity contribution in [1.29, 1.82) is 0 Å². The van der Waals surface area contributed by atoms with Crippen LogP contribution in [-0.4, -0.2) is 84.8 Å². The van der Waals surface area contributed by atoms with E-state index < -0.39 is 67.2 Å². The minimum absolute atomic E-state index is 0.00246. The molecule has 0 radical (unpaired) electrons. The number of nitrogens with one attached hydrogen (secondary N) is 1. The van der Waals surface area contributed by atoms with Crippen LogP contribution in [0.25, 0.3) is 0 Å². The van der Waals surface area contributed by atoms with Crippen LogP contribution >= 0.6 is 0 Å². The summed E-state index contributed by atoms with van der Waals surface area (Å²) in [5.41, 5.74) is 18.3. The average Bonchev–Trinajstić information content (AvgIpc) is 2.81. The van der Waals surface area contributed by atoms with Gasteiger partial charge in [-0.3, -0.25) is 14.4 Å². The summed E-state index contributed by atoms with van der Waals surface area (Å²) in [6.07, 6.45) is 0.486. The van der Waals surface area contributed by atoms with E-state index in [0.717, 1.165) is 4.57 Å². The van der Waals surface area contributed by atoms with Gasteiger partial charge in [0.05, 0.1) is 19.3 Å². The lowest BCUT2D eigenvalue weighted by molar-refractivity contribution is -0.193. The predicted octanol–water partition coefficient (Wildman–Crippen LogP) is -4.55. The number of guanidine groups is 1. The van der Waals surface area contributed by atoms with Crippen LogP contribution in [0.5, 0.6) is 0 Å². The van der Waals surface area contributed by atoms with E-state index in [0.29, 0.717) is 0 Å². The van der Waals surface area contributed by atoms with Gasteiger partial charge in [0.15, 0.2) is 17.8 Å². The molecule has 13 N–H and O–H groups in total. The molecular weight excluding hydrogens is 468 g/mol. The van der Waals surface area contributed by atoms with Crippen molar-refractivity contribution in [3.05, 3.63) is 34.4 Å². The largest absolute Gasteiger partial charge is 0.479 e. The normalized spacial score (nSPS) is 22.1. The van der Waals surface area contributed by atoms with Crippen molar-refractivity contribution < 1.29 is 34.8 Å². The highest BCUT2D eigenvalue weighted by atomic mass is 16.5. The molecule has 16 nitrogen and oxygen atoms in total. The number of anilines is 1. The monoisotopic (exact) mass is 498 g/mol. The van der Waals surface area contributed by atoms with Gasteiger partial charge in [-0.1, -0.05) is 6.08 Å². The number of ether oxygens (including phenoxy) is 1. The number of carbonyl (C=O) groups is 2. The summed E-state index contributed by atoms with van der Waals surface area (Å²) in [5.74, 6) is -2.93. The maximum Gasteiger partial charge on any atom is 0.351 e. The lowest BCUT2D eigenvalue weighted by Crippen LogP contribution is -2.62. The van der Waals surface area contributed by atoms with Gasteiger partial charge in [-0.05, 0) is 18.9 Å². The van der Waals surface area contributed by atoms with Gasteiger partial charge in [-0.15, -0.1) is 0 Å². The molecule has 5 atom stereocenters. The Morgan fingerprint density at radius 1 is 1.31 bits per heavy atom. The zero-order valence-electron chi connectivity index (χ0n) is 18.6. The highest BCUT2D eigenvalue weighted by Gasteiger charge is 2.50. The Labute approximate surface area is 198 Å². The number of carbonyl (C=O) groups excluding carboxylic acids is 1. The zero-order chi connectivity index (χ0) is 26.3. The van der Waals surface area contributed by atoms with E-state index in [9.17, 15) is 29.7 Å². The van der Waals surface area contributed by atoms with E-state index in [-0.39, 0.29) is 30.3 Å². The number of nitrogens with two attached hydrogens (primary N) is 4. The number of aliphatic hydroxyl groups is 3. The third-order valence-corrected chi connectivity index (χ3v) is 5.29. The molecule has 0 fully saturated rings. The second kappa shape index (κ2) is 11.7. The summed E-state index contributed by atoms with van der Waals surface area (Å²) in [6, 6.07) is -2.55. The number of aliphatic hydroxyl groups excluding tert-OH is 2. The molecule has 1 amide bonds. The first-order valence-electron chi connectivity index (χ1n) is 10.4. The van der Waals surface area contributed by atoms with Crippen molar-refractivity contribution >= 4 is 23.7 Å². The smallest absolute Gasteiger partial charge is 0.351 e. The van der Waals surface area contributed by atoms with Gasteiger partial charge < -0.3 is 53.4 Å². The first-order chi connectivity index (χ1) is 16.4. The van der Waals surface area contributed by atoms with E-state index in [4.69, 9.17) is 32.8 Å². The molecular formula is C19H30N8O8. The first kappa shape index (κ1) is 27.7. The summed E-state index contributed by atoms with van der Waals surface area (Å²) in [6.45, 7) is -1.23. The van der Waals surface area contributed by atoms with Gasteiger partial charge in [0, 0.05) is 18.3 Å². The predicted molar refractivity (Wildman–Crippen MR) is 121 cm³/mol. The van der Waals surface area contributed by atoms with Gasteiger partial charge in [0.25, 0.3) is 0 Å². The van der Waals surface area contributed by atoms with Crippen LogP contribution in [-0.2, 0) is 20.9 Å². The van der Waals surface area contributed by atoms with E-state index in [1.54, 1.807) is 0 Å². The van der Waals surface area contributed by atoms with Gasteiger partial charge in [-0.25, -0.2) is 9.59 Å². The Kier molecular flexibility index (Phi) is 9.26. The van der Waals surface area contributed by atoms with Crippen LogP contribution in [0, 0.1) is 0 Å². The summed E-state index contributed by atoms with van der Waals surface area (Å²) in [5, 5.41) is 42.1. The van der Waals surface area contributed by atoms with Gasteiger partial charge in [0.2, 0.25) is 5.91 Å². The van der Waals surface area contributed by atoms with E-state index in [1.165, 1.54) is 18.3 Å². The fraction of sp³-hybridized carbons (Fsp3) is 0.526. The molecule has 2 rings (SSSR count). The molecule has 194 valence electrons. The molecule has 1 aliphatic heterocycles. The Bertz CT molecular complexity index is 1040. The van der Waals surface area contributed by atoms with Crippen molar-refractivity contribution in [3.8, 4) is 0 Å². The van der Waals surface area contributed by atoms with Crippen LogP contribution in [0.15, 0.2) is 28.1 Å². The fourth-order valence-corrected chi connectivity index (χ4v) is 3.40. The lowest BCUT2D eigenvalue weighted by atomic mass is 9.85. The van der Waals surface area contributed by atoms with Gasteiger partial charge >= 0.3 is 11.7 Å². The molecule has 0 aromatic carbocycles. The first-order valence-corrected chi connectivity index (χ1v) is 10.4. The molecule has 4 unspecified atom stereocenters. The zero-order valence-corrected chi connectivity index (χ0v) is 18.6. The Hall–Kier alpha value is -3.57. The number of aromatic nitrogens is 2. The number of aliphatic carboxylic acids is 1. The number of carboxylic acids is 1. The van der Waals surface area contributed by atoms with E-state index >= 15 is 0 Å². The molecule has 1 aliphatic rings. The number of rotatable bonds is 11. The lowest BCUT2D eigenvalue weighted by Gasteiger charge is -2.41. The Morgan fingerprint density at radius 3 is 2.57 bits per heavy atom. The third kappa shape index (κ3) is 6.52. The molecule has 0 bridgehead atoms. The van der Waals surface area contributed by atoms with Crippen LogP contribution in [0.1, 0.15) is 24.6 Å². The standard InChI is InChI=1S/C19H30N8O8/c20-10(8-29)15(30)25-11-2-3-12(27-6-9(7-28)14(21)26-18(27)33)35-13(11)19(34,16(31)32)4-1-5-24-17(22)23/h2-3,6,10-13,28-29,34H,1,4-5,7-8,20H2,(H,25,30)(H,31,32)(H2,21,26,33)(H4,22,23,24)/t10-,11?,12?,13?,19?/m1/s1. The third-order valence-electron chi connectivity index (χ3n) is 5.29. The van der Waals surface area contributed by atoms with Crippen molar-refractivity contribution in [2.75, 3.05) is 18.9 Å². The van der Waals surface area contributed by atoms with E-state index in [2.05, 4.69) is 15.3 Å². The second-order valence-corrected chi connectivity index (χ2v) is 7.79. The molecule has 0 aliphatic carbocycles. The molecule has 35 heavy (non-hydrogen) atoms. The van der Waals surface area contributed by atoms with Crippen molar-refractivity contribution in [3.63, 3.8) is 0 Å². The minimum atomic E-state index is -2.59. The summed E-state index contributed by atoms with van der Waals surface area (Å²) < 4.78 is 6.74. The highest BCUT2D eigenvalue weighted by molar-refractivity contribution is 5.83. The van der Waals surface area contributed by atoms with Crippen LogP contribution in [0.2, 0.25) is 0 Å². The van der Waals surface area contributed by atoms with Gasteiger partial charge in [-0.2, -0.15) is 4.98 Å². The average molecular weight is 498 g/mol. The molecule has 0 saturated heterocycles. The molecule has 1 aromatic rings. The number of nitrogen functional groups attached to an aromatic ring is 1. The maximum absolute atomic E-state index is 12.4. The molecule has 16 heteroatoms. The van der Waals surface area contributed by atoms with Crippen molar-refractivity contribution in [1.82, 2.24) is 14.9 Å². The molecule has 0 spiro atoms. The molecule has 2 heterocycles. The topological polar surface area (TPSA) is 288 Å². The number of hydrogen-bond acceptors (Lipinski definition) is 11. The summed E-state index contributed by atoms with van der Waals surface area (Å²) >= 11 is 0. The number of amides is 1. The molecule has 0 saturated carbocycles. The summed E-state index contributed by atoms with van der Waals surface area (Å²) in [7, 11) is 0. The van der Waals surface area contributed by atoms with Crippen LogP contribution in [0.3, 0.4) is 0 Å². The van der Waals surface area contributed by atoms with Crippen LogP contribution < -0.4 is 33.9 Å². The number of hydrogen-bond donors (Lipinski definition) is 9. The fourth-order valence-electron chi connectivity index (χ4n) is 3.40. The van der Waals surface area contributed by atoms with Crippen molar-refractivity contribution in [2.45, 2.75) is 49.5 Å². The Balaban J connectivity index is 2.48. The van der Waals surface area contributed by atoms with Crippen LogP contribution in [0.4, 0.5) is 5.82 Å². The number of aliphatic imine (C=N–C) groups is 1. The number of carboxylic acid groups (broad SMARTS) is 1. The number of nitrogens with zero attached hydrogens (tertiary/aromatic N) is 3. The Morgan fingerprint density at radius 2 is 2.00 bits per heavy atom.